The van der Waals surface area contributed by atoms with Gasteiger partial charge in [-0.3, -0.25) is 9.59 Å². The van der Waals surface area contributed by atoms with E-state index in [2.05, 4.69) is 24.4 Å². The van der Waals surface area contributed by atoms with Gasteiger partial charge in [-0.1, -0.05) is 79.7 Å². The molecule has 0 aromatic heterocycles. The van der Waals surface area contributed by atoms with Gasteiger partial charge < -0.3 is 10.2 Å². The lowest BCUT2D eigenvalue weighted by molar-refractivity contribution is -0.128. The van der Waals surface area contributed by atoms with Crippen molar-refractivity contribution < 1.29 is 9.59 Å². The molecule has 32 heavy (non-hydrogen) atoms. The summed E-state index contributed by atoms with van der Waals surface area (Å²) in [5.41, 5.74) is 4.02. The van der Waals surface area contributed by atoms with Gasteiger partial charge in [-0.2, -0.15) is 0 Å². The summed E-state index contributed by atoms with van der Waals surface area (Å²) >= 11 is 1.65. The van der Waals surface area contributed by atoms with Crippen LogP contribution in [0, 0.1) is 0 Å². The summed E-state index contributed by atoms with van der Waals surface area (Å²) in [5.74, 6) is 0.589. The monoisotopic (exact) mass is 444 g/mol. The molecule has 0 saturated carbocycles. The van der Waals surface area contributed by atoms with Crippen molar-refractivity contribution in [1.29, 1.82) is 0 Å². The molecule has 1 aliphatic heterocycles. The Labute approximate surface area is 194 Å². The maximum atomic E-state index is 12.8. The predicted octanol–water partition coefficient (Wildman–Crippen LogP) is 5.38. The molecule has 164 valence electrons. The zero-order valence-corrected chi connectivity index (χ0v) is 19.1. The topological polar surface area (TPSA) is 49.4 Å². The van der Waals surface area contributed by atoms with Gasteiger partial charge >= 0.3 is 0 Å². The van der Waals surface area contributed by atoms with Gasteiger partial charge in [-0.15, -0.1) is 11.8 Å². The molecule has 0 unspecified atom stereocenters. The Bertz CT molecular complexity index is 1040. The third-order valence-corrected chi connectivity index (χ3v) is 7.08. The lowest BCUT2D eigenvalue weighted by Crippen LogP contribution is -2.30. The summed E-state index contributed by atoms with van der Waals surface area (Å²) in [6, 6.07) is 27.9. The first-order chi connectivity index (χ1) is 15.7. The third kappa shape index (κ3) is 5.22. The van der Waals surface area contributed by atoms with Crippen LogP contribution in [0.2, 0.25) is 0 Å². The molecule has 1 aliphatic rings. The first-order valence-electron chi connectivity index (χ1n) is 11.1. The summed E-state index contributed by atoms with van der Waals surface area (Å²) in [5, 5.41) is 3.13. The van der Waals surface area contributed by atoms with E-state index >= 15 is 0 Å². The van der Waals surface area contributed by atoms with Gasteiger partial charge in [0.05, 0.1) is 11.8 Å². The smallest absolute Gasteiger partial charge is 0.251 e. The number of amides is 2. The number of benzene rings is 3. The van der Waals surface area contributed by atoms with E-state index in [9.17, 15) is 9.59 Å². The molecule has 1 heterocycles. The van der Waals surface area contributed by atoms with Crippen LogP contribution in [0.25, 0.3) is 0 Å². The molecule has 4 rings (SSSR count). The summed E-state index contributed by atoms with van der Waals surface area (Å²) in [7, 11) is 0. The van der Waals surface area contributed by atoms with Crippen molar-refractivity contribution in [3.63, 3.8) is 0 Å². The number of hydrogen-bond donors (Lipinski definition) is 1. The van der Waals surface area contributed by atoms with Crippen LogP contribution < -0.4 is 5.32 Å². The van der Waals surface area contributed by atoms with Crippen LogP contribution in [0.1, 0.15) is 51.8 Å². The van der Waals surface area contributed by atoms with Crippen LogP contribution in [0.3, 0.4) is 0 Å². The molecule has 0 aliphatic carbocycles. The molecule has 3 aromatic rings. The van der Waals surface area contributed by atoms with Crippen molar-refractivity contribution in [3.8, 4) is 0 Å². The lowest BCUT2D eigenvalue weighted by atomic mass is 10.0. The number of carbonyl (C=O) groups excluding carboxylic acids is 2. The highest BCUT2D eigenvalue weighted by molar-refractivity contribution is 8.00. The highest BCUT2D eigenvalue weighted by Crippen LogP contribution is 2.38. The molecule has 1 fully saturated rings. The Kier molecular flexibility index (Phi) is 7.28. The molecule has 2 amide bonds. The summed E-state index contributed by atoms with van der Waals surface area (Å²) in [4.78, 5) is 27.3. The molecule has 5 heteroatoms. The van der Waals surface area contributed by atoms with Crippen molar-refractivity contribution in [2.75, 3.05) is 12.3 Å². The average molecular weight is 445 g/mol. The molecule has 0 spiro atoms. The predicted molar refractivity (Wildman–Crippen MR) is 130 cm³/mol. The van der Waals surface area contributed by atoms with Crippen molar-refractivity contribution in [3.05, 3.63) is 107 Å². The average Bonchev–Trinajstić information content (AvgIpc) is 3.22. The molecular weight excluding hydrogens is 416 g/mol. The number of carbonyl (C=O) groups is 2. The van der Waals surface area contributed by atoms with Gasteiger partial charge in [0.2, 0.25) is 5.91 Å². The van der Waals surface area contributed by atoms with Crippen LogP contribution in [0.5, 0.6) is 0 Å². The van der Waals surface area contributed by atoms with Gasteiger partial charge in [0, 0.05) is 12.1 Å². The molecule has 1 N–H and O–H groups in total. The number of rotatable bonds is 8. The van der Waals surface area contributed by atoms with E-state index in [0.29, 0.717) is 17.9 Å². The largest absolute Gasteiger partial charge is 0.345 e. The van der Waals surface area contributed by atoms with E-state index in [1.807, 2.05) is 77.7 Å². The Balaban J connectivity index is 1.41. The Morgan fingerprint density at radius 1 is 1.00 bits per heavy atom. The van der Waals surface area contributed by atoms with Gasteiger partial charge in [0.1, 0.15) is 5.37 Å². The second kappa shape index (κ2) is 10.5. The number of nitrogens with one attached hydrogen (secondary N) is 1. The Morgan fingerprint density at radius 2 is 1.66 bits per heavy atom. The second-order valence-electron chi connectivity index (χ2n) is 7.95. The van der Waals surface area contributed by atoms with Crippen LogP contribution in [-0.2, 0) is 11.2 Å². The summed E-state index contributed by atoms with van der Waals surface area (Å²) < 4.78 is 0. The minimum Gasteiger partial charge on any atom is -0.345 e. The molecule has 1 saturated heterocycles. The lowest BCUT2D eigenvalue weighted by Gasteiger charge is -2.24. The van der Waals surface area contributed by atoms with Gasteiger partial charge in [-0.05, 0) is 41.7 Å². The van der Waals surface area contributed by atoms with Crippen molar-refractivity contribution in [1.82, 2.24) is 10.2 Å². The van der Waals surface area contributed by atoms with Crippen molar-refractivity contribution in [2.45, 2.75) is 31.2 Å². The highest BCUT2D eigenvalue weighted by Gasteiger charge is 2.32. The zero-order chi connectivity index (χ0) is 22.3. The van der Waals surface area contributed by atoms with Crippen LogP contribution in [0.15, 0.2) is 84.9 Å². The minimum absolute atomic E-state index is 0.00367. The first kappa shape index (κ1) is 22.2. The molecule has 2 atom stereocenters. The molecular formula is C27H28N2O2S. The number of nitrogens with zero attached hydrogens (tertiary/aromatic N) is 1. The van der Waals surface area contributed by atoms with Gasteiger partial charge in [0.15, 0.2) is 0 Å². The molecule has 0 bridgehead atoms. The first-order valence-corrected chi connectivity index (χ1v) is 12.1. The SMILES string of the molecule is CC[C@H](NC(=O)c1ccc([C@@H]2SCC(=O)N2CCc2ccccc2)cc1)c1ccccc1. The van der Waals surface area contributed by atoms with Gasteiger partial charge in [-0.25, -0.2) is 0 Å². The van der Waals surface area contributed by atoms with E-state index in [1.54, 1.807) is 11.8 Å². The number of thioether (sulfide) groups is 1. The fraction of sp³-hybridized carbons (Fsp3) is 0.259. The Hall–Kier alpha value is -3.05. The van der Waals surface area contributed by atoms with E-state index in [4.69, 9.17) is 0 Å². The van der Waals surface area contributed by atoms with E-state index in [1.165, 1.54) is 5.56 Å². The second-order valence-corrected chi connectivity index (χ2v) is 9.02. The maximum Gasteiger partial charge on any atom is 0.251 e. The number of hydrogen-bond acceptors (Lipinski definition) is 3. The van der Waals surface area contributed by atoms with E-state index < -0.39 is 0 Å². The third-order valence-electron chi connectivity index (χ3n) is 5.83. The quantitative estimate of drug-likeness (QED) is 0.507. The Morgan fingerprint density at radius 3 is 2.31 bits per heavy atom. The standard InChI is InChI=1S/C27H28N2O2S/c1-2-24(21-11-7-4-8-12-21)28-26(31)22-13-15-23(16-14-22)27-29(25(30)19-32-27)18-17-20-9-5-3-6-10-20/h3-16,24,27H,2,17-19H2,1H3,(H,28,31)/t24-,27-/m0/s1. The minimum atomic E-state index is -0.0802. The van der Waals surface area contributed by atoms with Crippen LogP contribution in [0.4, 0.5) is 0 Å². The highest BCUT2D eigenvalue weighted by atomic mass is 32.2. The van der Waals surface area contributed by atoms with E-state index in [-0.39, 0.29) is 23.2 Å². The van der Waals surface area contributed by atoms with E-state index in [0.717, 1.165) is 24.0 Å². The van der Waals surface area contributed by atoms with Crippen LogP contribution in [-0.4, -0.2) is 29.0 Å². The summed E-state index contributed by atoms with van der Waals surface area (Å²) in [6.07, 6.45) is 1.66. The van der Waals surface area contributed by atoms with Crippen molar-refractivity contribution >= 4 is 23.6 Å². The molecule has 3 aromatic carbocycles. The fourth-order valence-corrected chi connectivity index (χ4v) is 5.23. The van der Waals surface area contributed by atoms with Gasteiger partial charge in [0.25, 0.3) is 5.91 Å². The molecule has 0 radical (unpaired) electrons. The molecule has 4 nitrogen and oxygen atoms in total. The maximum absolute atomic E-state index is 12.8. The zero-order valence-electron chi connectivity index (χ0n) is 18.2. The fourth-order valence-electron chi connectivity index (χ4n) is 4.01. The van der Waals surface area contributed by atoms with Crippen LogP contribution >= 0.6 is 11.8 Å². The van der Waals surface area contributed by atoms with Crippen molar-refractivity contribution in [2.24, 2.45) is 0 Å². The normalized spacial score (nSPS) is 16.7. The summed E-state index contributed by atoms with van der Waals surface area (Å²) in [6.45, 7) is 2.76.